The van der Waals surface area contributed by atoms with E-state index in [4.69, 9.17) is 49.1 Å². The number of nitrogens with zero attached hydrogens (tertiary/aromatic N) is 12. The smallest absolute Gasteiger partial charge is 0.281 e. The SMILES string of the molecule is C.C=P(C)(C)CC[C@H]1O[C@@H](n2c(N)nc3c(=O)[nH]c(C)nc32)[C@H](O)[C@@H]1O.C=P(C)(C)CC[C@H]1O[C@@H](n2ccc3c(=S)nc(C)[nH]c32)[C@H](O)[C@@H]1O.C=P(C)(C)CC[C@H]1O[C@@H](n2cnc3c(=O)n(C)c(C)nc32)[C@H](O)[C@@H]1O.C=P(C)(C)CC[C@H]1O[C@@H](n2cnc3c(=S)nc(C)[nH]c32)[C@H](O)[C@@H]1O. The maximum Gasteiger partial charge on any atom is 0.281 e. The number of anilines is 1. The van der Waals surface area contributed by atoms with E-state index in [1.54, 1.807) is 49.5 Å². The normalized spacial score (nSPS) is 27.3. The fourth-order valence-corrected chi connectivity index (χ4v) is 16.4. The summed E-state index contributed by atoms with van der Waals surface area (Å²) in [5, 5.41) is 84.0. The Morgan fingerprint density at radius 2 is 0.899 bits per heavy atom. The maximum absolute atomic E-state index is 12.3. The summed E-state index contributed by atoms with van der Waals surface area (Å²) in [7, 11) is 1.63. The summed E-state index contributed by atoms with van der Waals surface area (Å²) in [6, 6.07) is 1.85. The van der Waals surface area contributed by atoms with Crippen LogP contribution >= 0.6 is 52.0 Å². The summed E-state index contributed by atoms with van der Waals surface area (Å²) < 4.78 is 32.4. The van der Waals surface area contributed by atoms with Crippen LogP contribution in [0.4, 0.5) is 5.95 Å². The third-order valence-electron chi connectivity index (χ3n) is 17.5. The van der Waals surface area contributed by atoms with Gasteiger partial charge in [-0.2, -0.15) is 0 Å². The molecule has 8 aromatic rings. The molecule has 36 heteroatoms. The number of rotatable bonds is 16. The minimum atomic E-state index is -1.28. The Hall–Kier alpha value is -5.17. The molecule has 0 amide bonds. The Morgan fingerprint density at radius 3 is 1.37 bits per heavy atom. The summed E-state index contributed by atoms with van der Waals surface area (Å²) in [4.78, 5) is 62.6. The van der Waals surface area contributed by atoms with Crippen molar-refractivity contribution in [3.8, 4) is 0 Å². The molecule has 0 aliphatic carbocycles. The molecule has 12 rings (SSSR count). The van der Waals surface area contributed by atoms with Crippen molar-refractivity contribution in [2.45, 2.75) is 159 Å². The molecule has 4 saturated heterocycles. The lowest BCUT2D eigenvalue weighted by atomic mass is 10.1. The van der Waals surface area contributed by atoms with Gasteiger partial charge in [-0.1, -0.05) is 31.9 Å². The maximum atomic E-state index is 12.3. The second-order valence-electron chi connectivity index (χ2n) is 28.6. The molecule has 4 aliphatic rings. The highest BCUT2D eigenvalue weighted by Crippen LogP contribution is 2.44. The molecule has 99 heavy (non-hydrogen) atoms. The van der Waals surface area contributed by atoms with Crippen LogP contribution in [0, 0.1) is 37.0 Å². The molecule has 0 bridgehead atoms. The van der Waals surface area contributed by atoms with Crippen LogP contribution in [0.3, 0.4) is 0 Å². The first-order valence-electron chi connectivity index (χ1n) is 31.9. The van der Waals surface area contributed by atoms with E-state index in [0.29, 0.717) is 75.1 Å². The van der Waals surface area contributed by atoms with Crippen molar-refractivity contribution in [1.29, 1.82) is 0 Å². The summed E-state index contributed by atoms with van der Waals surface area (Å²) in [6.07, 6.45) is 14.3. The van der Waals surface area contributed by atoms with Gasteiger partial charge in [-0.05, 0) is 137 Å². The van der Waals surface area contributed by atoms with Gasteiger partial charge in [-0.15, -0.1) is 52.7 Å². The number of hydrogen-bond acceptors (Lipinski definition) is 24. The van der Waals surface area contributed by atoms with Crippen LogP contribution in [-0.2, 0) is 26.0 Å². The average molecular weight is 1490 g/mol. The number of aryl methyl sites for hydroxylation is 4. The highest BCUT2D eigenvalue weighted by molar-refractivity contribution is 7.73. The number of nitrogen functional groups attached to an aromatic ring is 1. The Morgan fingerprint density at radius 1 is 0.505 bits per heavy atom. The van der Waals surface area contributed by atoms with Crippen LogP contribution in [-0.4, -0.2) is 290 Å². The minimum absolute atomic E-state index is 0. The third-order valence-corrected chi connectivity index (χ3v) is 24.0. The number of nitrogens with two attached hydrogens (primary N) is 1. The number of hydrogen-bond donors (Lipinski definition) is 12. The zero-order valence-electron chi connectivity index (χ0n) is 57.6. The van der Waals surface area contributed by atoms with Crippen molar-refractivity contribution >= 4 is 128 Å². The highest BCUT2D eigenvalue weighted by Gasteiger charge is 2.48. The molecule has 0 radical (unpaired) electrons. The Labute approximate surface area is 585 Å². The number of H-pyrrole nitrogens is 3. The molecule has 0 spiro atoms. The van der Waals surface area contributed by atoms with Crippen molar-refractivity contribution in [3.63, 3.8) is 0 Å². The van der Waals surface area contributed by atoms with Crippen molar-refractivity contribution < 1.29 is 59.8 Å². The van der Waals surface area contributed by atoms with Gasteiger partial charge in [-0.3, -0.25) is 27.9 Å². The zero-order chi connectivity index (χ0) is 72.3. The van der Waals surface area contributed by atoms with Crippen LogP contribution in [0.25, 0.3) is 44.5 Å². The first kappa shape index (κ1) is 79.5. The van der Waals surface area contributed by atoms with E-state index in [2.05, 4.69) is 128 Å². The van der Waals surface area contributed by atoms with E-state index in [-0.39, 0.29) is 35.6 Å². The lowest BCUT2D eigenvalue weighted by molar-refractivity contribution is -0.0353. The summed E-state index contributed by atoms with van der Waals surface area (Å²) in [5.74, 6) is 2.28. The summed E-state index contributed by atoms with van der Waals surface area (Å²) in [5.41, 5.74) is 8.05. The minimum Gasteiger partial charge on any atom is -0.388 e. The molecule has 16 atom stereocenters. The number of aliphatic hydroxyl groups excluding tert-OH is 8. The van der Waals surface area contributed by atoms with Gasteiger partial charge in [0.05, 0.1) is 42.5 Å². The molecule has 4 aliphatic heterocycles. The van der Waals surface area contributed by atoms with Crippen LogP contribution in [0.2, 0.25) is 0 Å². The van der Waals surface area contributed by atoms with Gasteiger partial charge in [0.25, 0.3) is 11.1 Å². The Bertz CT molecular complexity index is 4540. The van der Waals surface area contributed by atoms with E-state index in [0.717, 1.165) is 35.7 Å². The number of aliphatic hydroxyl groups is 8. The topological polar surface area (TPSA) is 421 Å². The van der Waals surface area contributed by atoms with Gasteiger partial charge in [0.1, 0.15) is 93.6 Å². The van der Waals surface area contributed by atoms with Crippen LogP contribution in [0.5, 0.6) is 0 Å². The van der Waals surface area contributed by atoms with Crippen LogP contribution in [0.15, 0.2) is 34.5 Å². The second kappa shape index (κ2) is 31.0. The largest absolute Gasteiger partial charge is 0.388 e. The molecule has 0 aromatic carbocycles. The van der Waals surface area contributed by atoms with E-state index < -0.39 is 131 Å². The van der Waals surface area contributed by atoms with E-state index >= 15 is 0 Å². The molecule has 30 nitrogen and oxygen atoms in total. The predicted molar refractivity (Wildman–Crippen MR) is 404 cm³/mol. The second-order valence-corrected chi connectivity index (χ2v) is 46.6. The fraction of sp³-hybridized carbons (Fsp3) is 0.603. The first-order valence-corrected chi connectivity index (χ1v) is 45.0. The average Bonchev–Trinajstić information content (AvgIpc) is 1.64. The molecule has 548 valence electrons. The van der Waals surface area contributed by atoms with Crippen LogP contribution in [0.1, 0.15) is 81.3 Å². The number of aromatic nitrogens is 15. The van der Waals surface area contributed by atoms with Crippen molar-refractivity contribution in [2.75, 3.05) is 83.7 Å². The van der Waals surface area contributed by atoms with Crippen molar-refractivity contribution in [2.24, 2.45) is 7.05 Å². The van der Waals surface area contributed by atoms with Gasteiger partial charge < -0.3 is 85.1 Å². The molecule has 0 saturated carbocycles. The lowest BCUT2D eigenvalue weighted by Crippen LogP contribution is -2.32. The Balaban J connectivity index is 0.000000168. The molecule has 12 heterocycles. The number of aromatic amines is 3. The third kappa shape index (κ3) is 18.1. The van der Waals surface area contributed by atoms with E-state index in [1.807, 2.05) is 13.0 Å². The van der Waals surface area contributed by atoms with Crippen molar-refractivity contribution in [3.05, 3.63) is 78.2 Å². The lowest BCUT2D eigenvalue weighted by Gasteiger charge is -2.19. The fourth-order valence-electron chi connectivity index (χ4n) is 12.0. The molecular formula is C63H100N16O14P4S2. The summed E-state index contributed by atoms with van der Waals surface area (Å²) >= 11 is 10.5. The molecule has 4 fully saturated rings. The highest BCUT2D eigenvalue weighted by atomic mass is 32.1. The number of fused-ring (bicyclic) bond motifs is 4. The number of nitrogens with one attached hydrogen (secondary N) is 3. The van der Waals surface area contributed by atoms with Gasteiger partial charge in [0, 0.05) is 13.2 Å². The molecular weight excluding hydrogens is 1390 g/mol. The standard InChI is InChI=1S/C16H25N4O4P.C16H24N3O3PS.C15H24N5O4P.C15H23N4O3PS.CH4/c1-9-18-14-11(15(23)19(9)2)17-8-20(14)16-13(22)12(21)10(24-16)6-7-25(3,4)5;1-9-17-14-10(15(24)18-9)5-7-19(14)16-13(21)12(20)11(22-16)6-8-23(2,3)4;1-7-17-12-9(13(23)18-7)19-15(16)20(12)14-11(22)10(21)8(24-14)5-6-25(2,3)4;1-8-17-13-10(14(24)18-8)16-7-19(13)15-12(21)11(20)9(22-15)5-6-23(2,3)4;/h8,10,12-13,16,21-22H,3,6-7H2,1-2,4-5H3;5,7,11-13,16,20-21H,2,6,8H2,1,3-4H3,(H,17,18,24);8,10-11,14,21-22H,2,5-6H2,1,3-4H3,(H2,16,19)(H,17,18,23);7,9,11-12,15,20-21H,2,5-6H2,1,3-4H3,(H,17,18,24);1H4/t10-,12-,13-,16-;11-,12-,13-,16-;8-,10-,11-,14-;9-,11-,12-,15-;/m1111./s1. The van der Waals surface area contributed by atoms with Crippen molar-refractivity contribution in [1.82, 2.24) is 72.7 Å². The molecule has 8 aromatic heterocycles. The zero-order valence-corrected chi connectivity index (χ0v) is 62.8. The summed E-state index contributed by atoms with van der Waals surface area (Å²) in [6.45, 7) is 19.1. The van der Waals surface area contributed by atoms with Gasteiger partial charge in [0.2, 0.25) is 5.95 Å². The van der Waals surface area contributed by atoms with Gasteiger partial charge >= 0.3 is 0 Å². The molecule has 13 N–H and O–H groups in total. The van der Waals surface area contributed by atoms with E-state index in [9.17, 15) is 50.4 Å². The number of imidazole rings is 3. The Kier molecular flexibility index (Phi) is 24.9. The quantitative estimate of drug-likeness (QED) is 0.0477. The monoisotopic (exact) mass is 1490 g/mol. The van der Waals surface area contributed by atoms with Gasteiger partial charge in [-0.25, -0.2) is 34.9 Å². The van der Waals surface area contributed by atoms with Gasteiger partial charge in [0.15, 0.2) is 51.9 Å². The van der Waals surface area contributed by atoms with Crippen LogP contribution < -0.4 is 16.9 Å². The first-order chi connectivity index (χ1) is 45.5. The predicted octanol–water partition coefficient (Wildman–Crippen LogP) is 4.16. The van der Waals surface area contributed by atoms with E-state index in [1.165, 1.54) is 20.0 Å². The number of ether oxygens (including phenoxy) is 4. The molecule has 0 unspecified atom stereocenters.